The lowest BCUT2D eigenvalue weighted by atomic mass is 10.0. The van der Waals surface area contributed by atoms with E-state index in [2.05, 4.69) is 179 Å². The monoisotopic (exact) mass is 672 g/mol. The molecule has 0 atom stereocenters. The minimum Gasteiger partial charge on any atom is -0.310 e. The second-order valence-corrected chi connectivity index (χ2v) is 15.1. The summed E-state index contributed by atoms with van der Waals surface area (Å²) in [4.78, 5) is 2.45. The van der Waals surface area contributed by atoms with Crippen LogP contribution in [-0.2, 0) is 0 Å². The minimum atomic E-state index is 1.13. The van der Waals surface area contributed by atoms with Gasteiger partial charge in [-0.05, 0) is 84.2 Å². The molecule has 0 spiro atoms. The van der Waals surface area contributed by atoms with Crippen LogP contribution in [0, 0.1) is 0 Å². The van der Waals surface area contributed by atoms with Crippen molar-refractivity contribution in [3.05, 3.63) is 170 Å². The van der Waals surface area contributed by atoms with E-state index in [4.69, 9.17) is 0 Å². The maximum Gasteiger partial charge on any atom is 0.0542 e. The predicted octanol–water partition coefficient (Wildman–Crippen LogP) is 14.1. The van der Waals surface area contributed by atoms with Crippen LogP contribution in [0.25, 0.3) is 78.6 Å². The van der Waals surface area contributed by atoms with Gasteiger partial charge in [-0.25, -0.2) is 0 Å². The average Bonchev–Trinajstić information content (AvgIpc) is 3.85. The van der Waals surface area contributed by atoms with Crippen molar-refractivity contribution >= 4 is 113 Å². The van der Waals surface area contributed by atoms with Crippen molar-refractivity contribution in [1.29, 1.82) is 0 Å². The van der Waals surface area contributed by atoms with E-state index in [0.29, 0.717) is 0 Å². The van der Waals surface area contributed by atoms with Crippen molar-refractivity contribution in [2.45, 2.75) is 0 Å². The first-order valence-corrected chi connectivity index (χ1v) is 18.6. The Balaban J connectivity index is 1.19. The van der Waals surface area contributed by atoms with Crippen LogP contribution < -0.4 is 4.90 Å². The van der Waals surface area contributed by atoms with Crippen molar-refractivity contribution in [1.82, 2.24) is 4.57 Å². The van der Waals surface area contributed by atoms with Gasteiger partial charge in [-0.3, -0.25) is 0 Å². The van der Waals surface area contributed by atoms with Crippen LogP contribution in [0.3, 0.4) is 0 Å². The summed E-state index contributed by atoms with van der Waals surface area (Å²) in [6, 6.07) is 62.5. The van der Waals surface area contributed by atoms with Gasteiger partial charge in [0.2, 0.25) is 0 Å². The van der Waals surface area contributed by atoms with E-state index in [9.17, 15) is 0 Å². The van der Waals surface area contributed by atoms with Gasteiger partial charge in [0, 0.05) is 79.3 Å². The molecule has 0 unspecified atom stereocenters. The van der Waals surface area contributed by atoms with Crippen LogP contribution >= 0.6 is 22.7 Å². The normalized spacial score (nSPS) is 12.0. The van der Waals surface area contributed by atoms with E-state index >= 15 is 0 Å². The van der Waals surface area contributed by atoms with Crippen molar-refractivity contribution in [3.8, 4) is 5.69 Å². The van der Waals surface area contributed by atoms with Crippen LogP contribution in [0.5, 0.6) is 0 Å². The zero-order valence-corrected chi connectivity index (χ0v) is 28.5. The first-order valence-electron chi connectivity index (χ1n) is 16.9. The number of para-hydroxylation sites is 2. The van der Waals surface area contributed by atoms with Crippen LogP contribution in [0.4, 0.5) is 17.1 Å². The van der Waals surface area contributed by atoms with Gasteiger partial charge in [-0.2, -0.15) is 0 Å². The largest absolute Gasteiger partial charge is 0.310 e. The topological polar surface area (TPSA) is 8.17 Å². The number of hydrogen-bond donors (Lipinski definition) is 0. The molecule has 0 aliphatic carbocycles. The highest BCUT2D eigenvalue weighted by Gasteiger charge is 2.19. The average molecular weight is 673 g/mol. The fourth-order valence-electron chi connectivity index (χ4n) is 7.88. The zero-order valence-electron chi connectivity index (χ0n) is 26.9. The number of thiophene rings is 2. The number of benzene rings is 8. The fraction of sp³-hybridized carbons (Fsp3) is 0. The molecule has 11 rings (SSSR count). The molecule has 3 heterocycles. The summed E-state index contributed by atoms with van der Waals surface area (Å²) in [5.41, 5.74) is 7.00. The van der Waals surface area contributed by atoms with E-state index in [1.165, 1.54) is 78.6 Å². The molecule has 4 heteroatoms. The molecule has 0 fully saturated rings. The number of aromatic nitrogens is 1. The number of rotatable bonds is 4. The summed E-state index contributed by atoms with van der Waals surface area (Å²) in [5.74, 6) is 0. The molecule has 50 heavy (non-hydrogen) atoms. The van der Waals surface area contributed by atoms with Gasteiger partial charge in [0.15, 0.2) is 0 Å². The van der Waals surface area contributed by atoms with Gasteiger partial charge < -0.3 is 9.47 Å². The van der Waals surface area contributed by atoms with Crippen LogP contribution in [0.1, 0.15) is 0 Å². The van der Waals surface area contributed by atoms with Gasteiger partial charge in [-0.15, -0.1) is 22.7 Å². The second kappa shape index (κ2) is 10.8. The number of fused-ring (bicyclic) bond motifs is 11. The molecule has 0 saturated carbocycles. The third kappa shape index (κ3) is 4.13. The standard InChI is InChI=1S/C46H28N2S2/c1-2-10-30(11-3-1)48-41-15-7-4-12-34(41)39-27-32(21-24-42(39)48)47(33-22-25-45-40(28-33)36-14-6-8-16-43(36)49-45)31-20-18-29-19-23-37-35-13-5-9-17-44(35)50-46(37)38(29)26-31/h1-28H. The van der Waals surface area contributed by atoms with Crippen LogP contribution in [0.15, 0.2) is 170 Å². The molecular formula is C46H28N2S2. The third-order valence-electron chi connectivity index (χ3n) is 10.2. The maximum absolute atomic E-state index is 2.45. The van der Waals surface area contributed by atoms with Crippen LogP contribution in [0.2, 0.25) is 0 Å². The fourth-order valence-corrected chi connectivity index (χ4v) is 10.2. The highest BCUT2D eigenvalue weighted by molar-refractivity contribution is 7.26. The highest BCUT2D eigenvalue weighted by Crippen LogP contribution is 2.45. The molecule has 0 aliphatic heterocycles. The third-order valence-corrected chi connectivity index (χ3v) is 12.5. The Bertz CT molecular complexity index is 3110. The Hall–Kier alpha value is -5.94. The molecule has 0 bridgehead atoms. The minimum absolute atomic E-state index is 1.13. The Morgan fingerprint density at radius 1 is 0.360 bits per heavy atom. The molecule has 0 saturated heterocycles. The molecular weight excluding hydrogens is 645 g/mol. The summed E-state index contributed by atoms with van der Waals surface area (Å²) in [6.07, 6.45) is 0. The quantitative estimate of drug-likeness (QED) is 0.181. The van der Waals surface area contributed by atoms with Crippen LogP contribution in [-0.4, -0.2) is 4.57 Å². The summed E-state index contributed by atoms with van der Waals surface area (Å²) < 4.78 is 7.68. The lowest BCUT2D eigenvalue weighted by molar-refractivity contribution is 1.18. The van der Waals surface area contributed by atoms with Gasteiger partial charge in [0.05, 0.1) is 11.0 Å². The lowest BCUT2D eigenvalue weighted by Crippen LogP contribution is -2.10. The molecule has 8 aromatic carbocycles. The Morgan fingerprint density at radius 3 is 1.74 bits per heavy atom. The molecule has 2 nitrogen and oxygen atoms in total. The van der Waals surface area contributed by atoms with Crippen molar-refractivity contribution in [2.24, 2.45) is 0 Å². The lowest BCUT2D eigenvalue weighted by Gasteiger charge is -2.26. The Kier molecular flexibility index (Phi) is 6.03. The number of anilines is 3. The van der Waals surface area contributed by atoms with E-state index in [-0.39, 0.29) is 0 Å². The first kappa shape index (κ1) is 28.0. The smallest absolute Gasteiger partial charge is 0.0542 e. The molecule has 0 aliphatic rings. The Labute approximate surface area is 296 Å². The number of nitrogens with zero attached hydrogens (tertiary/aromatic N) is 2. The molecule has 0 radical (unpaired) electrons. The van der Waals surface area contributed by atoms with E-state index < -0.39 is 0 Å². The summed E-state index contributed by atoms with van der Waals surface area (Å²) in [6.45, 7) is 0. The molecule has 3 aromatic heterocycles. The van der Waals surface area contributed by atoms with Gasteiger partial charge in [0.1, 0.15) is 0 Å². The molecule has 0 amide bonds. The summed E-state index contributed by atoms with van der Waals surface area (Å²) in [5, 5.41) is 10.3. The van der Waals surface area contributed by atoms with Crippen molar-refractivity contribution in [2.75, 3.05) is 4.90 Å². The van der Waals surface area contributed by atoms with Gasteiger partial charge in [-0.1, -0.05) is 91.0 Å². The maximum atomic E-state index is 2.45. The highest BCUT2D eigenvalue weighted by atomic mass is 32.1. The zero-order chi connectivity index (χ0) is 32.8. The van der Waals surface area contributed by atoms with E-state index in [1.807, 2.05) is 22.7 Å². The first-order chi connectivity index (χ1) is 24.8. The molecule has 234 valence electrons. The molecule has 0 N–H and O–H groups in total. The number of hydrogen-bond acceptors (Lipinski definition) is 3. The van der Waals surface area contributed by atoms with Gasteiger partial charge >= 0.3 is 0 Å². The predicted molar refractivity (Wildman–Crippen MR) is 219 cm³/mol. The SMILES string of the molecule is c1ccc(-n2c3ccccc3c3cc(N(c4ccc5sc6ccccc6c5c4)c4ccc5ccc6c7ccccc7sc6c5c4)ccc32)cc1. The van der Waals surface area contributed by atoms with Gasteiger partial charge in [0.25, 0.3) is 0 Å². The van der Waals surface area contributed by atoms with E-state index in [0.717, 1.165) is 17.1 Å². The summed E-state index contributed by atoms with van der Waals surface area (Å²) in [7, 11) is 0. The molecule has 11 aromatic rings. The van der Waals surface area contributed by atoms with Crippen molar-refractivity contribution < 1.29 is 0 Å². The van der Waals surface area contributed by atoms with E-state index in [1.54, 1.807) is 0 Å². The Morgan fingerprint density at radius 2 is 0.920 bits per heavy atom. The van der Waals surface area contributed by atoms with Crippen molar-refractivity contribution in [3.63, 3.8) is 0 Å². The second-order valence-electron chi connectivity index (χ2n) is 12.9. The summed E-state index contributed by atoms with van der Waals surface area (Å²) >= 11 is 3.75.